The zero-order chi connectivity index (χ0) is 18.7. The average molecular weight is 368 g/mol. The fourth-order valence-electron chi connectivity index (χ4n) is 2.79. The van der Waals surface area contributed by atoms with Gasteiger partial charge < -0.3 is 11.1 Å². The third-order valence-electron chi connectivity index (χ3n) is 4.28. The SMILES string of the molecule is CC1(c2cccc(NC(=O)c3ccc(C#N)cc3F)c2)CCSC(N)=N1. The molecule has 5 nitrogen and oxygen atoms in total. The second-order valence-electron chi connectivity index (χ2n) is 6.16. The summed E-state index contributed by atoms with van der Waals surface area (Å²) in [5.41, 5.74) is 6.94. The van der Waals surface area contributed by atoms with Gasteiger partial charge in [-0.3, -0.25) is 9.79 Å². The molecule has 1 heterocycles. The second-order valence-corrected chi connectivity index (χ2v) is 7.28. The Bertz CT molecular complexity index is 937. The first-order chi connectivity index (χ1) is 12.4. The van der Waals surface area contributed by atoms with Gasteiger partial charge in [0.1, 0.15) is 5.82 Å². The molecule has 0 aliphatic carbocycles. The van der Waals surface area contributed by atoms with Crippen molar-refractivity contribution in [2.45, 2.75) is 18.9 Å². The van der Waals surface area contributed by atoms with E-state index in [9.17, 15) is 9.18 Å². The van der Waals surface area contributed by atoms with Crippen molar-refractivity contribution in [2.24, 2.45) is 10.7 Å². The summed E-state index contributed by atoms with van der Waals surface area (Å²) in [6.07, 6.45) is 0.833. The largest absolute Gasteiger partial charge is 0.379 e. The minimum atomic E-state index is -0.730. The normalized spacial score (nSPS) is 19.3. The highest BCUT2D eigenvalue weighted by Gasteiger charge is 2.29. The number of hydrogen-bond donors (Lipinski definition) is 2. The molecule has 1 aliphatic heterocycles. The van der Waals surface area contributed by atoms with Crippen molar-refractivity contribution in [3.8, 4) is 6.07 Å². The lowest BCUT2D eigenvalue weighted by atomic mass is 9.89. The van der Waals surface area contributed by atoms with Crippen LogP contribution in [0.25, 0.3) is 0 Å². The van der Waals surface area contributed by atoms with Gasteiger partial charge in [0.25, 0.3) is 5.91 Å². The average Bonchev–Trinajstić information content (AvgIpc) is 2.61. The van der Waals surface area contributed by atoms with E-state index in [4.69, 9.17) is 11.0 Å². The van der Waals surface area contributed by atoms with Crippen LogP contribution in [-0.4, -0.2) is 16.8 Å². The molecular weight excluding hydrogens is 351 g/mol. The van der Waals surface area contributed by atoms with Gasteiger partial charge in [-0.2, -0.15) is 5.26 Å². The van der Waals surface area contributed by atoms with Crippen molar-refractivity contribution < 1.29 is 9.18 Å². The van der Waals surface area contributed by atoms with E-state index in [1.165, 1.54) is 23.9 Å². The fourth-order valence-corrected chi connectivity index (χ4v) is 3.77. The van der Waals surface area contributed by atoms with E-state index in [0.717, 1.165) is 23.8 Å². The van der Waals surface area contributed by atoms with Gasteiger partial charge in [0, 0.05) is 11.4 Å². The number of benzene rings is 2. The maximum absolute atomic E-state index is 14.0. The van der Waals surface area contributed by atoms with Crippen LogP contribution < -0.4 is 11.1 Å². The number of carbonyl (C=O) groups excluding carboxylic acids is 1. The number of carbonyl (C=O) groups is 1. The lowest BCUT2D eigenvalue weighted by molar-refractivity contribution is 0.102. The number of nitrogens with two attached hydrogens (primary N) is 1. The number of aliphatic imine (C=N–C) groups is 1. The molecule has 0 saturated carbocycles. The smallest absolute Gasteiger partial charge is 0.258 e. The zero-order valence-corrected chi connectivity index (χ0v) is 14.9. The maximum Gasteiger partial charge on any atom is 0.258 e. The predicted octanol–water partition coefficient (Wildman–Crippen LogP) is 3.62. The number of hydrogen-bond acceptors (Lipinski definition) is 5. The molecule has 1 aliphatic rings. The third-order valence-corrected chi connectivity index (χ3v) is 5.08. The minimum absolute atomic E-state index is 0.114. The van der Waals surface area contributed by atoms with Crippen molar-refractivity contribution >= 4 is 28.5 Å². The topological polar surface area (TPSA) is 91.3 Å². The summed E-state index contributed by atoms with van der Waals surface area (Å²) in [6, 6.07) is 12.9. The summed E-state index contributed by atoms with van der Waals surface area (Å²) in [4.78, 5) is 16.9. The Labute approximate surface area is 155 Å². The van der Waals surface area contributed by atoms with Gasteiger partial charge >= 0.3 is 0 Å². The van der Waals surface area contributed by atoms with Crippen LogP contribution >= 0.6 is 11.8 Å². The molecule has 0 saturated heterocycles. The van der Waals surface area contributed by atoms with Crippen LogP contribution in [0.15, 0.2) is 47.5 Å². The highest BCUT2D eigenvalue weighted by molar-refractivity contribution is 8.13. The molecule has 2 aromatic carbocycles. The number of anilines is 1. The summed E-state index contributed by atoms with van der Waals surface area (Å²) in [5, 5.41) is 12.0. The molecule has 26 heavy (non-hydrogen) atoms. The number of nitriles is 1. The molecule has 2 aromatic rings. The van der Waals surface area contributed by atoms with Gasteiger partial charge in [0.15, 0.2) is 5.17 Å². The lowest BCUT2D eigenvalue weighted by Gasteiger charge is -2.30. The van der Waals surface area contributed by atoms with E-state index in [-0.39, 0.29) is 11.1 Å². The van der Waals surface area contributed by atoms with Crippen LogP contribution in [0.1, 0.15) is 34.8 Å². The molecular formula is C19H17FN4OS. The summed E-state index contributed by atoms with van der Waals surface area (Å²) in [5.74, 6) is -0.429. The highest BCUT2D eigenvalue weighted by Crippen LogP contribution is 2.35. The number of nitrogens with one attached hydrogen (secondary N) is 1. The van der Waals surface area contributed by atoms with Gasteiger partial charge in [0.05, 0.1) is 22.7 Å². The van der Waals surface area contributed by atoms with E-state index >= 15 is 0 Å². The van der Waals surface area contributed by atoms with Crippen molar-refractivity contribution in [3.63, 3.8) is 0 Å². The molecule has 0 aromatic heterocycles. The fraction of sp³-hybridized carbons (Fsp3) is 0.211. The van der Waals surface area contributed by atoms with Crippen molar-refractivity contribution in [1.82, 2.24) is 0 Å². The molecule has 0 bridgehead atoms. The summed E-state index contributed by atoms with van der Waals surface area (Å²) in [7, 11) is 0. The van der Waals surface area contributed by atoms with Gasteiger partial charge in [0.2, 0.25) is 0 Å². The van der Waals surface area contributed by atoms with E-state index < -0.39 is 17.3 Å². The summed E-state index contributed by atoms with van der Waals surface area (Å²) in [6.45, 7) is 2.00. The number of nitrogens with zero attached hydrogens (tertiary/aromatic N) is 2. The molecule has 7 heteroatoms. The Kier molecular flexibility index (Phi) is 4.96. The Balaban J connectivity index is 1.84. The Hall–Kier alpha value is -2.85. The maximum atomic E-state index is 14.0. The van der Waals surface area contributed by atoms with Crippen LogP contribution in [-0.2, 0) is 5.54 Å². The van der Waals surface area contributed by atoms with Crippen molar-refractivity contribution in [2.75, 3.05) is 11.1 Å². The van der Waals surface area contributed by atoms with Crippen molar-refractivity contribution in [3.05, 3.63) is 65.0 Å². The molecule has 0 fully saturated rings. The molecule has 0 spiro atoms. The second kappa shape index (κ2) is 7.18. The van der Waals surface area contributed by atoms with Crippen LogP contribution in [0.5, 0.6) is 0 Å². The number of halogens is 1. The van der Waals surface area contributed by atoms with E-state index in [1.807, 2.05) is 31.2 Å². The predicted molar refractivity (Wildman–Crippen MR) is 102 cm³/mol. The van der Waals surface area contributed by atoms with Crippen LogP contribution in [0.4, 0.5) is 10.1 Å². The number of amides is 1. The van der Waals surface area contributed by atoms with E-state index in [2.05, 4.69) is 10.3 Å². The number of rotatable bonds is 3. The Morgan fingerprint density at radius 3 is 2.88 bits per heavy atom. The molecule has 1 amide bonds. The molecule has 1 unspecified atom stereocenters. The van der Waals surface area contributed by atoms with Crippen LogP contribution in [0, 0.1) is 17.1 Å². The van der Waals surface area contributed by atoms with E-state index in [0.29, 0.717) is 10.9 Å². The minimum Gasteiger partial charge on any atom is -0.379 e. The molecule has 3 rings (SSSR count). The Morgan fingerprint density at radius 1 is 1.38 bits per heavy atom. The lowest BCUT2D eigenvalue weighted by Crippen LogP contribution is -2.28. The van der Waals surface area contributed by atoms with Gasteiger partial charge in [-0.25, -0.2) is 4.39 Å². The zero-order valence-electron chi connectivity index (χ0n) is 14.1. The van der Waals surface area contributed by atoms with E-state index in [1.54, 1.807) is 6.07 Å². The summed E-state index contributed by atoms with van der Waals surface area (Å²) >= 11 is 1.53. The van der Waals surface area contributed by atoms with Crippen molar-refractivity contribution in [1.29, 1.82) is 5.26 Å². The Morgan fingerprint density at radius 2 is 2.19 bits per heavy atom. The first-order valence-electron chi connectivity index (χ1n) is 8.01. The van der Waals surface area contributed by atoms with Gasteiger partial charge in [-0.15, -0.1) is 0 Å². The third kappa shape index (κ3) is 3.70. The molecule has 0 radical (unpaired) electrons. The molecule has 3 N–H and O–H groups in total. The first kappa shape index (κ1) is 18.0. The van der Waals surface area contributed by atoms with Crippen LogP contribution in [0.3, 0.4) is 0 Å². The number of amidine groups is 1. The monoisotopic (exact) mass is 368 g/mol. The first-order valence-corrected chi connectivity index (χ1v) is 8.99. The summed E-state index contributed by atoms with van der Waals surface area (Å²) < 4.78 is 14.0. The quantitative estimate of drug-likeness (QED) is 0.866. The van der Waals surface area contributed by atoms with Crippen LogP contribution in [0.2, 0.25) is 0 Å². The van der Waals surface area contributed by atoms with Gasteiger partial charge in [-0.05, 0) is 49.2 Å². The van der Waals surface area contributed by atoms with Gasteiger partial charge in [-0.1, -0.05) is 23.9 Å². The number of thioether (sulfide) groups is 1. The standard InChI is InChI=1S/C19H17FN4OS/c1-19(7-8-26-18(22)24-19)13-3-2-4-14(10-13)23-17(25)15-6-5-12(11-21)9-16(15)20/h2-6,9-10H,7-8H2,1H3,(H2,22,24)(H,23,25). The molecule has 1 atom stereocenters. The molecule has 132 valence electrons. The highest BCUT2D eigenvalue weighted by atomic mass is 32.2.